The van der Waals surface area contributed by atoms with Gasteiger partial charge in [0.1, 0.15) is 6.61 Å². The topological polar surface area (TPSA) is 55.6 Å². The predicted octanol–water partition coefficient (Wildman–Crippen LogP) is 1.03. The summed E-state index contributed by atoms with van der Waals surface area (Å²) in [5, 5.41) is 0. The molecule has 104 valence electrons. The van der Waals surface area contributed by atoms with E-state index in [1.165, 1.54) is 19.3 Å². The number of hydrogen-bond donors (Lipinski definition) is 1. The molecule has 1 aliphatic heterocycles. The summed E-state index contributed by atoms with van der Waals surface area (Å²) in [6.07, 6.45) is 4.88. The van der Waals surface area contributed by atoms with Gasteiger partial charge in [0.2, 0.25) is 5.91 Å². The Hall–Kier alpha value is -0.320. The van der Waals surface area contributed by atoms with Crippen LogP contribution in [-0.2, 0) is 9.53 Å². The highest BCUT2D eigenvalue weighted by molar-refractivity contribution is 5.85. The van der Waals surface area contributed by atoms with Crippen molar-refractivity contribution in [3.63, 3.8) is 0 Å². The lowest BCUT2D eigenvalue weighted by Crippen LogP contribution is -2.35. The fraction of sp³-hybridized carbons (Fsp3) is 0.923. The highest BCUT2D eigenvalue weighted by atomic mass is 35.5. The van der Waals surface area contributed by atoms with Gasteiger partial charge in [-0.1, -0.05) is 0 Å². The van der Waals surface area contributed by atoms with Gasteiger partial charge in [-0.2, -0.15) is 0 Å². The molecule has 5 heteroatoms. The van der Waals surface area contributed by atoms with Crippen LogP contribution in [0.3, 0.4) is 0 Å². The predicted molar refractivity (Wildman–Crippen MR) is 71.6 cm³/mol. The summed E-state index contributed by atoms with van der Waals surface area (Å²) in [6.45, 7) is 2.80. The van der Waals surface area contributed by atoms with E-state index in [0.717, 1.165) is 32.0 Å². The Bertz CT molecular complexity index is 309. The summed E-state index contributed by atoms with van der Waals surface area (Å²) in [5.41, 5.74) is 6.06. The van der Waals surface area contributed by atoms with E-state index in [-0.39, 0.29) is 24.9 Å². The lowest BCUT2D eigenvalue weighted by molar-refractivity contribution is -0.135. The molecule has 1 amide bonds. The second-order valence-electron chi connectivity index (χ2n) is 5.92. The summed E-state index contributed by atoms with van der Waals surface area (Å²) < 4.78 is 5.46. The number of amides is 1. The average molecular weight is 275 g/mol. The van der Waals surface area contributed by atoms with Gasteiger partial charge >= 0.3 is 0 Å². The third-order valence-corrected chi connectivity index (χ3v) is 4.54. The van der Waals surface area contributed by atoms with Crippen LogP contribution in [0.25, 0.3) is 0 Å². The molecule has 0 aromatic carbocycles. The molecule has 2 N–H and O–H groups in total. The Morgan fingerprint density at radius 2 is 2.00 bits per heavy atom. The van der Waals surface area contributed by atoms with Gasteiger partial charge in [-0.05, 0) is 43.4 Å². The van der Waals surface area contributed by atoms with E-state index in [1.807, 2.05) is 4.90 Å². The summed E-state index contributed by atoms with van der Waals surface area (Å²) in [5.74, 6) is 2.08. The molecule has 2 saturated carbocycles. The minimum absolute atomic E-state index is 0. The number of rotatable bonds is 4. The van der Waals surface area contributed by atoms with Crippen molar-refractivity contribution in [3.05, 3.63) is 0 Å². The highest BCUT2D eigenvalue weighted by Gasteiger charge is 2.42. The maximum Gasteiger partial charge on any atom is 0.248 e. The Balaban J connectivity index is 0.00000120. The number of halogens is 1. The van der Waals surface area contributed by atoms with Crippen LogP contribution in [0.1, 0.15) is 25.7 Å². The normalized spacial score (nSPS) is 34.3. The van der Waals surface area contributed by atoms with Crippen LogP contribution in [0.4, 0.5) is 0 Å². The fourth-order valence-electron chi connectivity index (χ4n) is 3.20. The van der Waals surface area contributed by atoms with E-state index in [1.54, 1.807) is 0 Å². The molecule has 0 radical (unpaired) electrons. The first-order valence-corrected chi connectivity index (χ1v) is 6.85. The van der Waals surface area contributed by atoms with Gasteiger partial charge in [0.05, 0.1) is 6.61 Å². The minimum atomic E-state index is 0. The lowest BCUT2D eigenvalue weighted by atomic mass is 9.98. The van der Waals surface area contributed by atoms with E-state index in [2.05, 4.69) is 0 Å². The quantitative estimate of drug-likeness (QED) is 0.833. The molecule has 0 bridgehead atoms. The smallest absolute Gasteiger partial charge is 0.248 e. The standard InChI is InChI=1S/C13H22N2O2.ClH/c14-12-4-3-10-5-15(6-11(10)12)13(16)8-17-7-9-1-2-9;/h9-12H,1-8,14H2;1H. The van der Waals surface area contributed by atoms with Crippen molar-refractivity contribution in [2.75, 3.05) is 26.3 Å². The molecule has 3 aliphatic rings. The van der Waals surface area contributed by atoms with Crippen molar-refractivity contribution < 1.29 is 9.53 Å². The Kier molecular flexibility index (Phi) is 4.51. The van der Waals surface area contributed by atoms with Gasteiger partial charge in [-0.25, -0.2) is 0 Å². The highest BCUT2D eigenvalue weighted by Crippen LogP contribution is 2.37. The molecule has 4 nitrogen and oxygen atoms in total. The monoisotopic (exact) mass is 274 g/mol. The number of carbonyl (C=O) groups excluding carboxylic acids is 1. The first-order chi connectivity index (χ1) is 8.24. The zero-order chi connectivity index (χ0) is 11.8. The van der Waals surface area contributed by atoms with E-state index in [0.29, 0.717) is 17.9 Å². The summed E-state index contributed by atoms with van der Waals surface area (Å²) in [7, 11) is 0. The molecule has 3 fully saturated rings. The number of fused-ring (bicyclic) bond motifs is 1. The van der Waals surface area contributed by atoms with Crippen LogP contribution in [-0.4, -0.2) is 43.2 Å². The van der Waals surface area contributed by atoms with Gasteiger partial charge in [0.15, 0.2) is 0 Å². The molecule has 0 aromatic heterocycles. The molecule has 0 aromatic rings. The van der Waals surface area contributed by atoms with Crippen LogP contribution in [0.2, 0.25) is 0 Å². The van der Waals surface area contributed by atoms with Crippen molar-refractivity contribution in [3.8, 4) is 0 Å². The third kappa shape index (κ3) is 2.98. The maximum absolute atomic E-state index is 11.9. The van der Waals surface area contributed by atoms with Gasteiger partial charge in [-0.3, -0.25) is 4.79 Å². The summed E-state index contributed by atoms with van der Waals surface area (Å²) in [4.78, 5) is 13.9. The van der Waals surface area contributed by atoms with Gasteiger partial charge in [0, 0.05) is 19.1 Å². The van der Waals surface area contributed by atoms with Crippen LogP contribution >= 0.6 is 12.4 Å². The fourth-order valence-corrected chi connectivity index (χ4v) is 3.20. The average Bonchev–Trinajstić information content (AvgIpc) is 2.92. The Labute approximate surface area is 115 Å². The summed E-state index contributed by atoms with van der Waals surface area (Å²) in [6, 6.07) is 0.310. The Morgan fingerprint density at radius 3 is 2.67 bits per heavy atom. The van der Waals surface area contributed by atoms with Crippen molar-refractivity contribution >= 4 is 18.3 Å². The van der Waals surface area contributed by atoms with E-state index in [4.69, 9.17) is 10.5 Å². The largest absolute Gasteiger partial charge is 0.371 e. The van der Waals surface area contributed by atoms with Crippen LogP contribution in [0.5, 0.6) is 0 Å². The number of hydrogen-bond acceptors (Lipinski definition) is 3. The number of carbonyl (C=O) groups is 1. The lowest BCUT2D eigenvalue weighted by Gasteiger charge is -2.18. The van der Waals surface area contributed by atoms with Crippen molar-refractivity contribution in [1.82, 2.24) is 4.90 Å². The number of ether oxygens (including phenoxy) is 1. The number of nitrogens with zero attached hydrogens (tertiary/aromatic N) is 1. The molecule has 3 rings (SSSR count). The molecule has 0 spiro atoms. The van der Waals surface area contributed by atoms with Gasteiger partial charge in [-0.15, -0.1) is 12.4 Å². The molecule has 1 saturated heterocycles. The first-order valence-electron chi connectivity index (χ1n) is 6.85. The van der Waals surface area contributed by atoms with E-state index < -0.39 is 0 Å². The number of nitrogens with two attached hydrogens (primary N) is 1. The molecule has 1 heterocycles. The number of likely N-dealkylation sites (tertiary alicyclic amines) is 1. The first kappa shape index (κ1) is 14.1. The van der Waals surface area contributed by atoms with Crippen LogP contribution < -0.4 is 5.73 Å². The molecular formula is C13H23ClN2O2. The molecule has 2 aliphatic carbocycles. The Morgan fingerprint density at radius 1 is 1.22 bits per heavy atom. The zero-order valence-electron chi connectivity index (χ0n) is 10.7. The second-order valence-corrected chi connectivity index (χ2v) is 5.92. The molecule has 18 heavy (non-hydrogen) atoms. The molecular weight excluding hydrogens is 252 g/mol. The second kappa shape index (κ2) is 5.76. The minimum Gasteiger partial charge on any atom is -0.371 e. The van der Waals surface area contributed by atoms with Crippen molar-refractivity contribution in [2.24, 2.45) is 23.5 Å². The van der Waals surface area contributed by atoms with Crippen molar-refractivity contribution in [2.45, 2.75) is 31.7 Å². The molecule has 3 unspecified atom stereocenters. The van der Waals surface area contributed by atoms with E-state index >= 15 is 0 Å². The van der Waals surface area contributed by atoms with Gasteiger partial charge in [0.25, 0.3) is 0 Å². The van der Waals surface area contributed by atoms with E-state index in [9.17, 15) is 4.79 Å². The molecule has 3 atom stereocenters. The summed E-state index contributed by atoms with van der Waals surface area (Å²) >= 11 is 0. The van der Waals surface area contributed by atoms with Crippen LogP contribution in [0.15, 0.2) is 0 Å². The van der Waals surface area contributed by atoms with Gasteiger partial charge < -0.3 is 15.4 Å². The zero-order valence-corrected chi connectivity index (χ0v) is 11.5. The van der Waals surface area contributed by atoms with Crippen LogP contribution in [0, 0.1) is 17.8 Å². The maximum atomic E-state index is 11.9. The SMILES string of the molecule is Cl.NC1CCC2CN(C(=O)COCC3CC3)CC12. The third-order valence-electron chi connectivity index (χ3n) is 4.54. The van der Waals surface area contributed by atoms with Crippen molar-refractivity contribution in [1.29, 1.82) is 0 Å².